The molecule has 8 nitrogen and oxygen atoms in total. The summed E-state index contributed by atoms with van der Waals surface area (Å²) in [4.78, 5) is 47.0. The zero-order valence-electron chi connectivity index (χ0n) is 30.0. The number of aromatic amines is 2. The summed E-state index contributed by atoms with van der Waals surface area (Å²) in [7, 11) is 3.79. The highest BCUT2D eigenvalue weighted by molar-refractivity contribution is 7.99. The molecular formula is C39H46ClN6O2SSi. The van der Waals surface area contributed by atoms with Crippen molar-refractivity contribution in [3.8, 4) is 23.1 Å². The van der Waals surface area contributed by atoms with Gasteiger partial charge in [0.2, 0.25) is 11.8 Å². The lowest BCUT2D eigenvalue weighted by Crippen LogP contribution is -2.48. The molecule has 0 spiro atoms. The molecule has 6 rings (SSSR count). The number of carbonyl (C=O) groups excluding carboxylic acids is 2. The Morgan fingerprint density at radius 1 is 1.08 bits per heavy atom. The lowest BCUT2D eigenvalue weighted by Gasteiger charge is -2.41. The summed E-state index contributed by atoms with van der Waals surface area (Å²) in [6.07, 6.45) is 7.50. The van der Waals surface area contributed by atoms with E-state index in [0.29, 0.717) is 23.0 Å². The number of fused-ring (bicyclic) bond motifs is 1. The zero-order chi connectivity index (χ0) is 36.0. The van der Waals surface area contributed by atoms with Gasteiger partial charge in [0.25, 0.3) is 0 Å². The van der Waals surface area contributed by atoms with Crippen LogP contribution in [0.4, 0.5) is 0 Å². The molecule has 2 saturated heterocycles. The first-order chi connectivity index (χ1) is 23.8. The number of imidazole rings is 2. The first kappa shape index (κ1) is 36.3. The van der Waals surface area contributed by atoms with Gasteiger partial charge < -0.3 is 19.8 Å². The maximum Gasteiger partial charge on any atom is 0.226 e. The number of H-pyrrole nitrogens is 2. The number of carbonyl (C=O) groups is 2. The summed E-state index contributed by atoms with van der Waals surface area (Å²) in [5.74, 6) is 8.80. The smallest absolute Gasteiger partial charge is 0.226 e. The number of thioether (sulfide) groups is 1. The number of nitrogens with one attached hydrogen (secondary N) is 2. The van der Waals surface area contributed by atoms with E-state index in [9.17, 15) is 9.59 Å². The van der Waals surface area contributed by atoms with Crippen molar-refractivity contribution in [2.24, 2.45) is 17.8 Å². The maximum atomic E-state index is 13.8. The van der Waals surface area contributed by atoms with Crippen LogP contribution >= 0.6 is 23.4 Å². The predicted molar refractivity (Wildman–Crippen MR) is 204 cm³/mol. The van der Waals surface area contributed by atoms with E-state index in [0.717, 1.165) is 71.7 Å². The Bertz CT molecular complexity index is 1960. The molecule has 2 aliphatic heterocycles. The van der Waals surface area contributed by atoms with Crippen LogP contribution in [0.2, 0.25) is 10.1 Å². The molecule has 2 fully saturated rings. The van der Waals surface area contributed by atoms with Crippen LogP contribution in [0, 0.1) is 29.6 Å². The third kappa shape index (κ3) is 6.65. The number of halogens is 1. The molecule has 4 aromatic rings. The summed E-state index contributed by atoms with van der Waals surface area (Å²) in [6.45, 7) is 13.7. The third-order valence-corrected chi connectivity index (χ3v) is 13.2. The molecular weight excluding hydrogens is 680 g/mol. The van der Waals surface area contributed by atoms with Gasteiger partial charge in [-0.2, -0.15) is 0 Å². The summed E-state index contributed by atoms with van der Waals surface area (Å²) in [5, 5.41) is -0.148. The Kier molecular flexibility index (Phi) is 10.3. The number of hydrogen-bond acceptors (Lipinski definition) is 5. The van der Waals surface area contributed by atoms with Crippen molar-refractivity contribution in [3.63, 3.8) is 0 Å². The van der Waals surface area contributed by atoms with Gasteiger partial charge in [0.05, 0.1) is 34.0 Å². The average molecular weight is 726 g/mol. The molecule has 2 aromatic heterocycles. The second kappa shape index (κ2) is 14.2. The van der Waals surface area contributed by atoms with Crippen molar-refractivity contribution < 1.29 is 9.59 Å². The predicted octanol–water partition coefficient (Wildman–Crippen LogP) is 8.10. The van der Waals surface area contributed by atoms with Gasteiger partial charge in [-0.3, -0.25) is 9.59 Å². The van der Waals surface area contributed by atoms with Crippen molar-refractivity contribution >= 4 is 56.5 Å². The number of aromatic nitrogens is 4. The molecule has 11 heteroatoms. The van der Waals surface area contributed by atoms with Crippen LogP contribution in [0.15, 0.2) is 42.6 Å². The van der Waals surface area contributed by atoms with Crippen LogP contribution in [0.3, 0.4) is 0 Å². The van der Waals surface area contributed by atoms with Crippen LogP contribution in [-0.4, -0.2) is 71.1 Å². The number of hydrogen-bond donors (Lipinski definition) is 2. The third-order valence-electron chi connectivity index (χ3n) is 10.8. The molecule has 2 aromatic carbocycles. The van der Waals surface area contributed by atoms with Crippen molar-refractivity contribution in [1.82, 2.24) is 29.7 Å². The maximum absolute atomic E-state index is 13.8. The molecule has 0 saturated carbocycles. The van der Waals surface area contributed by atoms with Crippen molar-refractivity contribution in [2.45, 2.75) is 83.2 Å². The molecule has 3 radical (unpaired) electrons. The van der Waals surface area contributed by atoms with Gasteiger partial charge in [-0.1, -0.05) is 77.1 Å². The van der Waals surface area contributed by atoms with Gasteiger partial charge in [-0.05, 0) is 73.6 Å². The lowest BCUT2D eigenvalue weighted by atomic mass is 9.94. The Morgan fingerprint density at radius 2 is 1.82 bits per heavy atom. The largest absolute Gasteiger partial charge is 0.340 e. The van der Waals surface area contributed by atoms with Gasteiger partial charge in [0.15, 0.2) is 0 Å². The summed E-state index contributed by atoms with van der Waals surface area (Å²) < 4.78 is 0. The first-order valence-corrected chi connectivity index (χ1v) is 19.7. The molecule has 50 heavy (non-hydrogen) atoms. The molecule has 0 bridgehead atoms. The Morgan fingerprint density at radius 3 is 2.50 bits per heavy atom. The minimum atomic E-state index is -0.673. The lowest BCUT2D eigenvalue weighted by molar-refractivity contribution is -0.138. The Labute approximate surface area is 308 Å². The molecule has 261 valence electrons. The fourth-order valence-corrected chi connectivity index (χ4v) is 8.21. The van der Waals surface area contributed by atoms with Crippen molar-refractivity contribution in [3.05, 3.63) is 70.4 Å². The summed E-state index contributed by atoms with van der Waals surface area (Å²) >= 11 is 8.38. The molecule has 2 N–H and O–H groups in total. The fourth-order valence-electron chi connectivity index (χ4n) is 6.84. The minimum absolute atomic E-state index is 0.0137. The van der Waals surface area contributed by atoms with Crippen molar-refractivity contribution in [2.75, 3.05) is 19.3 Å². The standard InChI is InChI=1S/C39H46ClN6O2SSi/c1-23(2)25(5)35(47)45-18-8-10-33(45)34-41-22-32(42-34)27-14-11-26(12-15-27)13-16-28-20-30-31(21-29(28)40)44-36(43-30)39(49-7)17-9-19-46(39)37(48)38(6,50)24(3)4/h11-12,14-15,20-25,33H,8-10,17-19H2,1-7H3,(H,41,42)(H,43,44). The number of benzene rings is 2. The average Bonchev–Trinajstić information content (AvgIpc) is 3.92. The second-order valence-electron chi connectivity index (χ2n) is 14.6. The minimum Gasteiger partial charge on any atom is -0.340 e. The summed E-state index contributed by atoms with van der Waals surface area (Å²) in [6, 6.07) is 11.8. The van der Waals surface area contributed by atoms with Gasteiger partial charge in [-0.15, -0.1) is 11.8 Å². The van der Waals surface area contributed by atoms with Crippen LogP contribution in [0.25, 0.3) is 22.3 Å². The number of nitrogens with zero attached hydrogens (tertiary/aromatic N) is 4. The fraction of sp³-hybridized carbons (Fsp3) is 0.487. The molecule has 4 heterocycles. The van der Waals surface area contributed by atoms with Crippen LogP contribution in [-0.2, 0) is 14.5 Å². The van der Waals surface area contributed by atoms with E-state index in [-0.39, 0.29) is 29.7 Å². The summed E-state index contributed by atoms with van der Waals surface area (Å²) in [5.41, 5.74) is 5.04. The van der Waals surface area contributed by atoms with E-state index in [1.807, 2.05) is 72.5 Å². The molecule has 2 amide bonds. The highest BCUT2D eigenvalue weighted by Crippen LogP contribution is 2.49. The first-order valence-electron chi connectivity index (χ1n) is 17.6. The quantitative estimate of drug-likeness (QED) is 0.141. The van der Waals surface area contributed by atoms with E-state index in [2.05, 4.69) is 64.7 Å². The number of rotatable bonds is 8. The second-order valence-corrected chi connectivity index (χ2v) is 17.1. The highest BCUT2D eigenvalue weighted by atomic mass is 35.5. The van der Waals surface area contributed by atoms with Gasteiger partial charge in [0, 0.05) is 45.4 Å². The van der Waals surface area contributed by atoms with E-state index in [1.54, 1.807) is 11.8 Å². The SMILES string of the molecule is CSC1(c2nc3cc(Cl)c(C#Cc4ccc(-c5cnc(C6CCCN6C(=O)C(C)C(C)C)[nH]5)cc4)cc3[nH]2)CCCN1C(=O)C(C)([Si])C(C)C. The molecule has 4 atom stereocenters. The van der Waals surface area contributed by atoms with Crippen LogP contribution in [0.5, 0.6) is 0 Å². The molecule has 0 aliphatic carbocycles. The van der Waals surface area contributed by atoms with Crippen LogP contribution in [0.1, 0.15) is 96.0 Å². The van der Waals surface area contributed by atoms with E-state index in [1.165, 1.54) is 0 Å². The number of amides is 2. The van der Waals surface area contributed by atoms with E-state index >= 15 is 0 Å². The van der Waals surface area contributed by atoms with E-state index in [4.69, 9.17) is 16.6 Å². The normalized spacial score (nSPS) is 21.1. The van der Waals surface area contributed by atoms with Gasteiger partial charge in [-0.25, -0.2) is 9.97 Å². The monoisotopic (exact) mass is 725 g/mol. The zero-order valence-corrected chi connectivity index (χ0v) is 32.6. The Hall–Kier alpha value is -3.52. The van der Waals surface area contributed by atoms with Gasteiger partial charge >= 0.3 is 0 Å². The van der Waals surface area contributed by atoms with Crippen LogP contribution < -0.4 is 0 Å². The van der Waals surface area contributed by atoms with Gasteiger partial charge in [0.1, 0.15) is 16.5 Å². The molecule has 2 aliphatic rings. The van der Waals surface area contributed by atoms with E-state index < -0.39 is 9.91 Å². The highest BCUT2D eigenvalue weighted by Gasteiger charge is 2.50. The van der Waals surface area contributed by atoms with Crippen molar-refractivity contribution in [1.29, 1.82) is 0 Å². The topological polar surface area (TPSA) is 98.0 Å². The Balaban J connectivity index is 1.20. The number of likely N-dealkylation sites (tertiary alicyclic amines) is 2. The molecule has 4 unspecified atom stereocenters.